The number of benzene rings is 1. The number of amides is 1. The third-order valence-electron chi connectivity index (χ3n) is 4.33. The van der Waals surface area contributed by atoms with Gasteiger partial charge in [0.25, 0.3) is 0 Å². The van der Waals surface area contributed by atoms with Crippen LogP contribution < -0.4 is 5.32 Å². The Morgan fingerprint density at radius 2 is 2.00 bits per heavy atom. The smallest absolute Gasteiger partial charge is 0.221 e. The largest absolute Gasteiger partial charge is 0.342 e. The van der Waals surface area contributed by atoms with Gasteiger partial charge in [-0.15, -0.1) is 10.2 Å². The van der Waals surface area contributed by atoms with Crippen LogP contribution in [0.25, 0.3) is 0 Å². The number of H-pyrrole nitrogens is 1. The fourth-order valence-corrected chi connectivity index (χ4v) is 3.24. The highest BCUT2D eigenvalue weighted by Crippen LogP contribution is 2.27. The third kappa shape index (κ3) is 4.28. The summed E-state index contributed by atoms with van der Waals surface area (Å²) in [4.78, 5) is 12.4. The van der Waals surface area contributed by atoms with Crippen molar-refractivity contribution in [1.29, 1.82) is 0 Å². The molecule has 0 saturated heterocycles. The molecule has 0 radical (unpaired) electrons. The van der Waals surface area contributed by atoms with Crippen LogP contribution in [0.4, 0.5) is 0 Å². The molecular formula is C16H20ClN5O. The number of halogens is 1. The molecule has 3 rings (SSSR count). The number of hydrogen-bond acceptors (Lipinski definition) is 4. The molecule has 1 saturated carbocycles. The van der Waals surface area contributed by atoms with Crippen LogP contribution in [0.1, 0.15) is 56.0 Å². The van der Waals surface area contributed by atoms with E-state index in [-0.39, 0.29) is 5.91 Å². The van der Waals surface area contributed by atoms with E-state index in [1.54, 1.807) is 12.1 Å². The highest BCUT2D eigenvalue weighted by molar-refractivity contribution is 6.30. The molecule has 2 N–H and O–H groups in total. The minimum Gasteiger partial charge on any atom is -0.342 e. The summed E-state index contributed by atoms with van der Waals surface area (Å²) in [6, 6.07) is 6.89. The van der Waals surface area contributed by atoms with Crippen LogP contribution in [0, 0.1) is 5.92 Å². The molecule has 0 bridgehead atoms. The number of nitrogens with zero attached hydrogens (tertiary/aromatic N) is 3. The predicted molar refractivity (Wildman–Crippen MR) is 86.8 cm³/mol. The molecule has 1 fully saturated rings. The lowest BCUT2D eigenvalue weighted by Crippen LogP contribution is -2.31. The lowest BCUT2D eigenvalue weighted by atomic mass is 9.87. The van der Waals surface area contributed by atoms with Gasteiger partial charge in [-0.05, 0) is 36.5 Å². The van der Waals surface area contributed by atoms with Gasteiger partial charge in [0.1, 0.15) is 6.04 Å². The zero-order chi connectivity index (χ0) is 16.1. The Hall–Kier alpha value is -1.95. The van der Waals surface area contributed by atoms with E-state index in [2.05, 4.69) is 25.9 Å². The third-order valence-corrected chi connectivity index (χ3v) is 4.58. The van der Waals surface area contributed by atoms with Gasteiger partial charge in [-0.3, -0.25) is 4.79 Å². The molecule has 1 aromatic heterocycles. The zero-order valence-electron chi connectivity index (χ0n) is 12.8. The van der Waals surface area contributed by atoms with Crippen molar-refractivity contribution >= 4 is 17.5 Å². The van der Waals surface area contributed by atoms with Gasteiger partial charge >= 0.3 is 0 Å². The number of tetrazole rings is 1. The van der Waals surface area contributed by atoms with E-state index in [1.807, 2.05) is 12.1 Å². The summed E-state index contributed by atoms with van der Waals surface area (Å²) in [5.74, 6) is 0.964. The summed E-state index contributed by atoms with van der Waals surface area (Å²) < 4.78 is 0. The van der Waals surface area contributed by atoms with Crippen LogP contribution in [0.15, 0.2) is 24.3 Å². The second-order valence-electron chi connectivity index (χ2n) is 6.03. The molecule has 1 unspecified atom stereocenters. The predicted octanol–water partition coefficient (Wildman–Crippen LogP) is 3.03. The molecule has 0 spiro atoms. The highest BCUT2D eigenvalue weighted by Gasteiger charge is 2.23. The Morgan fingerprint density at radius 3 is 2.65 bits per heavy atom. The van der Waals surface area contributed by atoms with Crippen LogP contribution in [-0.2, 0) is 4.79 Å². The van der Waals surface area contributed by atoms with Crippen molar-refractivity contribution < 1.29 is 4.79 Å². The van der Waals surface area contributed by atoms with Crippen LogP contribution >= 0.6 is 11.6 Å². The summed E-state index contributed by atoms with van der Waals surface area (Å²) in [5, 5.41) is 17.8. The first-order valence-corrected chi connectivity index (χ1v) is 8.38. The summed E-state index contributed by atoms with van der Waals surface area (Å²) in [7, 11) is 0. The molecule has 1 atom stereocenters. The Balaban J connectivity index is 1.71. The van der Waals surface area contributed by atoms with Crippen molar-refractivity contribution in [2.75, 3.05) is 0 Å². The summed E-state index contributed by atoms with van der Waals surface area (Å²) in [6.45, 7) is 0. The SMILES string of the molecule is O=C(CC1CCCCC1)NC(c1ccc(Cl)cc1)c1nn[nH]n1. The standard InChI is InChI=1S/C16H20ClN5O/c17-13-8-6-12(7-9-13)15(16-19-21-22-20-16)18-14(23)10-11-4-2-1-3-5-11/h6-9,11,15H,1-5,10H2,(H,18,23)(H,19,20,21,22). The van der Waals surface area contributed by atoms with Crippen molar-refractivity contribution in [3.63, 3.8) is 0 Å². The molecular weight excluding hydrogens is 314 g/mol. The van der Waals surface area contributed by atoms with Gasteiger partial charge in [-0.25, -0.2) is 0 Å². The molecule has 1 heterocycles. The van der Waals surface area contributed by atoms with Gasteiger partial charge in [0.2, 0.25) is 11.7 Å². The first kappa shape index (κ1) is 15.9. The maximum Gasteiger partial charge on any atom is 0.221 e. The van der Waals surface area contributed by atoms with Gasteiger partial charge in [0.15, 0.2) is 0 Å². The van der Waals surface area contributed by atoms with Crippen LogP contribution in [0.5, 0.6) is 0 Å². The van der Waals surface area contributed by atoms with Crippen LogP contribution in [0.3, 0.4) is 0 Å². The molecule has 1 aliphatic carbocycles. The number of nitrogens with one attached hydrogen (secondary N) is 2. The number of aromatic nitrogens is 4. The number of carbonyl (C=O) groups excluding carboxylic acids is 1. The zero-order valence-corrected chi connectivity index (χ0v) is 13.6. The molecule has 122 valence electrons. The quantitative estimate of drug-likeness (QED) is 0.881. The molecule has 6 nitrogen and oxygen atoms in total. The summed E-state index contributed by atoms with van der Waals surface area (Å²) in [6.07, 6.45) is 6.58. The second kappa shape index (κ2) is 7.55. The van der Waals surface area contributed by atoms with Crippen LogP contribution in [-0.4, -0.2) is 26.5 Å². The number of hydrogen-bond donors (Lipinski definition) is 2. The van der Waals surface area contributed by atoms with Crippen molar-refractivity contribution in [1.82, 2.24) is 25.9 Å². The van der Waals surface area contributed by atoms with Gasteiger partial charge < -0.3 is 5.32 Å². The summed E-state index contributed by atoms with van der Waals surface area (Å²) in [5.41, 5.74) is 0.882. The Bertz CT molecular complexity index is 622. The van der Waals surface area contributed by atoms with E-state index in [0.29, 0.717) is 23.2 Å². The Kier molecular flexibility index (Phi) is 5.23. The topological polar surface area (TPSA) is 83.6 Å². The first-order chi connectivity index (χ1) is 11.2. The Morgan fingerprint density at radius 1 is 1.26 bits per heavy atom. The van der Waals surface area contributed by atoms with Crippen molar-refractivity contribution in [2.45, 2.75) is 44.6 Å². The Labute approximate surface area is 140 Å². The van der Waals surface area contributed by atoms with Gasteiger partial charge in [0, 0.05) is 11.4 Å². The van der Waals surface area contributed by atoms with Crippen molar-refractivity contribution in [2.24, 2.45) is 5.92 Å². The molecule has 0 aliphatic heterocycles. The highest BCUT2D eigenvalue weighted by atomic mass is 35.5. The van der Waals surface area contributed by atoms with E-state index in [1.165, 1.54) is 19.3 Å². The van der Waals surface area contributed by atoms with E-state index < -0.39 is 6.04 Å². The second-order valence-corrected chi connectivity index (χ2v) is 6.47. The van der Waals surface area contributed by atoms with E-state index in [4.69, 9.17) is 11.6 Å². The van der Waals surface area contributed by atoms with Crippen molar-refractivity contribution in [3.8, 4) is 0 Å². The van der Waals surface area contributed by atoms with Gasteiger partial charge in [-0.1, -0.05) is 48.2 Å². The fraction of sp³-hybridized carbons (Fsp3) is 0.500. The van der Waals surface area contributed by atoms with Crippen molar-refractivity contribution in [3.05, 3.63) is 40.7 Å². The minimum atomic E-state index is -0.415. The summed E-state index contributed by atoms with van der Waals surface area (Å²) >= 11 is 5.94. The lowest BCUT2D eigenvalue weighted by molar-refractivity contribution is -0.122. The average molecular weight is 334 g/mol. The maximum absolute atomic E-state index is 12.4. The normalized spacial score (nSPS) is 16.9. The van der Waals surface area contributed by atoms with Gasteiger partial charge in [-0.2, -0.15) is 5.21 Å². The maximum atomic E-state index is 12.4. The molecule has 1 amide bonds. The van der Waals surface area contributed by atoms with Crippen LogP contribution in [0.2, 0.25) is 5.02 Å². The molecule has 1 aromatic carbocycles. The average Bonchev–Trinajstić information content (AvgIpc) is 3.09. The number of rotatable bonds is 5. The first-order valence-electron chi connectivity index (χ1n) is 8.00. The molecule has 2 aromatic rings. The molecule has 7 heteroatoms. The van der Waals surface area contributed by atoms with E-state index >= 15 is 0 Å². The number of carbonyl (C=O) groups is 1. The molecule has 1 aliphatic rings. The lowest BCUT2D eigenvalue weighted by Gasteiger charge is -2.22. The van der Waals surface area contributed by atoms with E-state index in [0.717, 1.165) is 18.4 Å². The molecule has 23 heavy (non-hydrogen) atoms. The minimum absolute atomic E-state index is 0.0293. The van der Waals surface area contributed by atoms with E-state index in [9.17, 15) is 4.79 Å². The monoisotopic (exact) mass is 333 g/mol. The van der Waals surface area contributed by atoms with Gasteiger partial charge in [0.05, 0.1) is 0 Å². The number of aromatic amines is 1. The fourth-order valence-electron chi connectivity index (χ4n) is 3.12.